The number of amides is 2. The molecular formula is C43H56N4O8S. The van der Waals surface area contributed by atoms with E-state index >= 15 is 0 Å². The molecule has 2 amide bonds. The molecule has 2 saturated heterocycles. The number of ketones is 1. The van der Waals surface area contributed by atoms with E-state index in [1.165, 1.54) is 0 Å². The van der Waals surface area contributed by atoms with Crippen molar-refractivity contribution in [3.05, 3.63) is 47.7 Å². The first kappa shape index (κ1) is 39.0. The van der Waals surface area contributed by atoms with Crippen molar-refractivity contribution >= 4 is 44.5 Å². The van der Waals surface area contributed by atoms with Gasteiger partial charge in [0.15, 0.2) is 5.78 Å². The van der Waals surface area contributed by atoms with Crippen molar-refractivity contribution in [2.45, 2.75) is 133 Å². The highest BCUT2D eigenvalue weighted by atomic mass is 32.2. The van der Waals surface area contributed by atoms with Crippen LogP contribution in [0, 0.1) is 24.2 Å². The Hall–Kier alpha value is -3.84. The number of Topliss-reactive ketones (excluding diaryl/α,β-unsaturated/α-hetero) is 1. The van der Waals surface area contributed by atoms with Gasteiger partial charge in [0.2, 0.25) is 21.8 Å². The lowest BCUT2D eigenvalue weighted by Crippen LogP contribution is -2.48. The predicted molar refractivity (Wildman–Crippen MR) is 210 cm³/mol. The first-order valence-electron chi connectivity index (χ1n) is 20.7. The predicted octanol–water partition coefficient (Wildman–Crippen LogP) is 5.34. The minimum absolute atomic E-state index is 0.0702. The van der Waals surface area contributed by atoms with Gasteiger partial charge in [-0.05, 0) is 97.1 Å². The maximum Gasteiger partial charge on any atom is 0.306 e. The zero-order valence-corrected chi connectivity index (χ0v) is 33.8. The molecule has 1 spiro atoms. The number of benzene rings is 1. The van der Waals surface area contributed by atoms with Gasteiger partial charge in [0.25, 0.3) is 0 Å². The van der Waals surface area contributed by atoms with E-state index in [-0.39, 0.29) is 49.5 Å². The highest BCUT2D eigenvalue weighted by Gasteiger charge is 2.63. The number of hydrogen-bond acceptors (Lipinski definition) is 10. The second kappa shape index (κ2) is 14.8. The Morgan fingerprint density at radius 3 is 2.57 bits per heavy atom. The van der Waals surface area contributed by atoms with E-state index in [2.05, 4.69) is 9.62 Å². The van der Waals surface area contributed by atoms with Gasteiger partial charge in [0.1, 0.15) is 17.5 Å². The lowest BCUT2D eigenvalue weighted by Gasteiger charge is -2.36. The van der Waals surface area contributed by atoms with E-state index in [0.717, 1.165) is 73.8 Å². The molecule has 12 nitrogen and oxygen atoms in total. The molecule has 2 saturated carbocycles. The summed E-state index contributed by atoms with van der Waals surface area (Å²) in [5.74, 6) is -1.90. The minimum Gasteiger partial charge on any atom is -0.483 e. The largest absolute Gasteiger partial charge is 0.483 e. The van der Waals surface area contributed by atoms with Crippen molar-refractivity contribution < 1.29 is 37.1 Å². The van der Waals surface area contributed by atoms with Crippen LogP contribution < -0.4 is 9.46 Å². The number of carbonyl (C=O) groups is 4. The number of likely N-dealkylation sites (tertiary alicyclic amines) is 1. The molecule has 1 N–H and O–H groups in total. The molecule has 4 aliphatic heterocycles. The van der Waals surface area contributed by atoms with Crippen LogP contribution in [-0.2, 0) is 40.4 Å². The van der Waals surface area contributed by atoms with Crippen LogP contribution in [-0.4, -0.2) is 95.9 Å². The zero-order valence-electron chi connectivity index (χ0n) is 33.0. The minimum atomic E-state index is -3.93. The molecule has 2 aliphatic carbocycles. The average Bonchev–Trinajstić information content (AvgIpc) is 4.06. The molecule has 1 aromatic heterocycles. The smallest absolute Gasteiger partial charge is 0.306 e. The van der Waals surface area contributed by atoms with Crippen LogP contribution in [0.1, 0.15) is 108 Å². The standard InChI is InChI=1S/C43H56N4O8S/c1-28-38-33(32-13-9-10-14-34(32)44-28)15-18-42(55-38)25-35-36(48)26-43(40(51)45-56(52,53)41(2)19-20-41)24-30(43)12-8-6-4-5-7-11-29(39(50)47(35)27-42)23-37(49)54-31-16-21-46(3)22-17-31/h8-10,12-14,29-31,35H,4-7,11,15-27H2,1-3H3,(H,45,51)/b12-8-/t29-,30-,35+,42-,43-/m1/s1. The summed E-state index contributed by atoms with van der Waals surface area (Å²) in [7, 11) is -1.88. The summed E-state index contributed by atoms with van der Waals surface area (Å²) in [5.41, 5.74) is 0.571. The third-order valence-electron chi connectivity index (χ3n) is 13.7. The number of para-hydroxylation sites is 1. The number of sulfonamides is 1. The molecule has 6 aliphatic rings. The fourth-order valence-electron chi connectivity index (χ4n) is 9.65. The van der Waals surface area contributed by atoms with Gasteiger partial charge in [-0.25, -0.2) is 13.4 Å². The Morgan fingerprint density at radius 1 is 1.04 bits per heavy atom. The zero-order chi connectivity index (χ0) is 39.5. The van der Waals surface area contributed by atoms with Crippen LogP contribution in [0.4, 0.5) is 0 Å². The number of fused-ring (bicyclic) bond motifs is 5. The topological polar surface area (TPSA) is 152 Å². The van der Waals surface area contributed by atoms with Gasteiger partial charge in [0.05, 0.1) is 40.4 Å². The summed E-state index contributed by atoms with van der Waals surface area (Å²) in [4.78, 5) is 66.0. The number of nitrogens with zero attached hydrogens (tertiary/aromatic N) is 3. The molecule has 56 heavy (non-hydrogen) atoms. The third kappa shape index (κ3) is 7.50. The molecule has 302 valence electrons. The quantitative estimate of drug-likeness (QED) is 0.300. The molecule has 5 atom stereocenters. The Labute approximate surface area is 330 Å². The molecule has 5 heterocycles. The van der Waals surface area contributed by atoms with E-state index in [0.29, 0.717) is 44.3 Å². The monoisotopic (exact) mass is 788 g/mol. The summed E-state index contributed by atoms with van der Waals surface area (Å²) in [6.45, 7) is 5.39. The Bertz CT molecular complexity index is 2060. The first-order chi connectivity index (χ1) is 26.7. The third-order valence-corrected chi connectivity index (χ3v) is 15.9. The van der Waals surface area contributed by atoms with Crippen molar-refractivity contribution in [1.82, 2.24) is 19.5 Å². The summed E-state index contributed by atoms with van der Waals surface area (Å²) in [6, 6.07) is 7.05. The molecule has 1 aromatic carbocycles. The van der Waals surface area contributed by atoms with Crippen LogP contribution in [0.25, 0.3) is 10.9 Å². The molecule has 4 fully saturated rings. The van der Waals surface area contributed by atoms with Gasteiger partial charge in [-0.2, -0.15) is 0 Å². The van der Waals surface area contributed by atoms with Crippen LogP contribution >= 0.6 is 0 Å². The van der Waals surface area contributed by atoms with E-state index in [9.17, 15) is 27.6 Å². The van der Waals surface area contributed by atoms with Crippen molar-refractivity contribution in [3.63, 3.8) is 0 Å². The molecule has 2 aromatic rings. The van der Waals surface area contributed by atoms with Crippen LogP contribution in [0.2, 0.25) is 0 Å². The highest BCUT2D eigenvalue weighted by Crippen LogP contribution is 2.58. The number of hydrogen-bond donors (Lipinski definition) is 1. The first-order valence-corrected chi connectivity index (χ1v) is 22.2. The maximum absolute atomic E-state index is 14.9. The number of carbonyl (C=O) groups excluding carboxylic acids is 4. The van der Waals surface area contributed by atoms with E-state index < -0.39 is 49.6 Å². The number of rotatable bonds is 6. The molecule has 13 heteroatoms. The van der Waals surface area contributed by atoms with Gasteiger partial charge >= 0.3 is 5.97 Å². The van der Waals surface area contributed by atoms with E-state index in [1.54, 1.807) is 11.8 Å². The van der Waals surface area contributed by atoms with Crippen LogP contribution in [0.15, 0.2) is 36.4 Å². The lowest BCUT2D eigenvalue weighted by molar-refractivity contribution is -0.156. The Kier molecular flexibility index (Phi) is 10.3. The number of nitrogens with one attached hydrogen (secondary N) is 1. The van der Waals surface area contributed by atoms with Crippen LogP contribution in [0.3, 0.4) is 0 Å². The fourth-order valence-corrected chi connectivity index (χ4v) is 11.0. The van der Waals surface area contributed by atoms with E-state index in [1.807, 2.05) is 50.4 Å². The second-order valence-electron chi connectivity index (χ2n) is 17.9. The summed E-state index contributed by atoms with van der Waals surface area (Å²) >= 11 is 0. The summed E-state index contributed by atoms with van der Waals surface area (Å²) in [5, 5.41) is 1.02. The second-order valence-corrected chi connectivity index (χ2v) is 20.1. The number of esters is 1. The van der Waals surface area contributed by atoms with Gasteiger partial charge in [-0.1, -0.05) is 43.2 Å². The van der Waals surface area contributed by atoms with Crippen molar-refractivity contribution in [2.75, 3.05) is 26.7 Å². The molecule has 8 rings (SSSR count). The van der Waals surface area contributed by atoms with E-state index in [4.69, 9.17) is 14.5 Å². The molecular weight excluding hydrogens is 733 g/mol. The van der Waals surface area contributed by atoms with Gasteiger partial charge in [-0.3, -0.25) is 23.9 Å². The fraction of sp³-hybridized carbons (Fsp3) is 0.651. The lowest BCUT2D eigenvalue weighted by atomic mass is 9.85. The number of ether oxygens (including phenoxy) is 2. The van der Waals surface area contributed by atoms with Crippen molar-refractivity contribution in [2.24, 2.45) is 17.3 Å². The van der Waals surface area contributed by atoms with Gasteiger partial charge < -0.3 is 19.3 Å². The molecule has 0 unspecified atom stereocenters. The van der Waals surface area contributed by atoms with Gasteiger partial charge in [-0.15, -0.1) is 0 Å². The highest BCUT2D eigenvalue weighted by molar-refractivity contribution is 7.91. The number of aromatic nitrogens is 1. The average molecular weight is 789 g/mol. The normalized spacial score (nSPS) is 31.6. The molecule has 0 radical (unpaired) electrons. The number of piperidine rings is 1. The Balaban J connectivity index is 1.11. The Morgan fingerprint density at radius 2 is 1.80 bits per heavy atom. The summed E-state index contributed by atoms with van der Waals surface area (Å²) < 4.78 is 40.8. The SMILES string of the molecule is Cc1nc2ccccc2c2c1O[C@]1(CC2)C[C@H]2C(=O)C[C@]3(C(=O)NS(=O)(=O)C4(C)CC4)C[C@H]3/C=C\CCCCC[C@H](CC(=O)OC3CCN(C)CC3)C(=O)N2C1. The molecule has 0 bridgehead atoms. The maximum atomic E-state index is 14.9. The van der Waals surface area contributed by atoms with Crippen molar-refractivity contribution in [3.8, 4) is 5.75 Å². The number of aryl methyl sites for hydroxylation is 2. The number of pyridine rings is 1. The number of allylic oxidation sites excluding steroid dienone is 2. The van der Waals surface area contributed by atoms with Crippen molar-refractivity contribution in [1.29, 1.82) is 0 Å². The summed E-state index contributed by atoms with van der Waals surface area (Å²) in [6.07, 6.45) is 11.5. The van der Waals surface area contributed by atoms with Gasteiger partial charge in [0, 0.05) is 42.8 Å². The van der Waals surface area contributed by atoms with Crippen LogP contribution in [0.5, 0.6) is 5.75 Å².